The summed E-state index contributed by atoms with van der Waals surface area (Å²) in [4.78, 5) is 12.0. The highest BCUT2D eigenvalue weighted by molar-refractivity contribution is 7.85. The van der Waals surface area contributed by atoms with Crippen LogP contribution in [0.1, 0.15) is 19.8 Å². The number of carbonyl (C=O) groups is 1. The monoisotopic (exact) mass is 244 g/mol. The lowest BCUT2D eigenvalue weighted by molar-refractivity contribution is -0.126. The van der Waals surface area contributed by atoms with Crippen molar-refractivity contribution in [3.8, 4) is 0 Å². The van der Waals surface area contributed by atoms with E-state index in [1.165, 1.54) is 0 Å². The van der Waals surface area contributed by atoms with Crippen molar-refractivity contribution in [2.45, 2.75) is 25.8 Å². The van der Waals surface area contributed by atoms with Crippen LogP contribution in [-0.4, -0.2) is 40.8 Å². The molecule has 0 aromatic carbocycles. The van der Waals surface area contributed by atoms with Crippen molar-refractivity contribution < 1.29 is 9.00 Å². The predicted octanol–water partition coefficient (Wildman–Crippen LogP) is -0.131. The van der Waals surface area contributed by atoms with E-state index in [0.29, 0.717) is 5.92 Å². The molecule has 0 aromatic rings. The summed E-state index contributed by atoms with van der Waals surface area (Å²) >= 11 is 0. The van der Waals surface area contributed by atoms with Gasteiger partial charge in [-0.1, -0.05) is 6.92 Å². The minimum atomic E-state index is -0.648. The Bertz CT molecular complexity index is 286. The molecule has 0 aliphatic carbocycles. The third-order valence-corrected chi connectivity index (χ3v) is 4.97. The summed E-state index contributed by atoms with van der Waals surface area (Å²) in [5.74, 6) is 2.20. The van der Waals surface area contributed by atoms with E-state index in [1.54, 1.807) is 0 Å². The second-order valence-corrected chi connectivity index (χ2v) is 6.57. The fraction of sp³-hybridized carbons (Fsp3) is 0.909. The number of hydrogen-bond donors (Lipinski definition) is 2. The van der Waals surface area contributed by atoms with Gasteiger partial charge in [-0.2, -0.15) is 0 Å². The third-order valence-electron chi connectivity index (χ3n) is 3.59. The quantitative estimate of drug-likeness (QED) is 0.711. The average Bonchev–Trinajstić information content (AvgIpc) is 2.68. The first-order chi connectivity index (χ1) is 7.66. The van der Waals surface area contributed by atoms with E-state index in [4.69, 9.17) is 0 Å². The van der Waals surface area contributed by atoms with E-state index in [2.05, 4.69) is 17.6 Å². The van der Waals surface area contributed by atoms with Gasteiger partial charge in [0.2, 0.25) is 5.91 Å². The molecule has 2 heterocycles. The van der Waals surface area contributed by atoms with Gasteiger partial charge in [0.15, 0.2) is 0 Å². The van der Waals surface area contributed by atoms with E-state index in [0.717, 1.165) is 37.4 Å². The van der Waals surface area contributed by atoms with Crippen molar-refractivity contribution in [1.82, 2.24) is 10.6 Å². The second-order valence-electron chi connectivity index (χ2n) is 4.87. The molecule has 2 aliphatic heterocycles. The Morgan fingerprint density at radius 1 is 1.31 bits per heavy atom. The Labute approximate surface area is 99.0 Å². The summed E-state index contributed by atoms with van der Waals surface area (Å²) < 4.78 is 11.2. The van der Waals surface area contributed by atoms with Crippen molar-refractivity contribution >= 4 is 16.7 Å². The highest BCUT2D eigenvalue weighted by Gasteiger charge is 2.31. The Hall–Kier alpha value is -0.420. The molecule has 0 bridgehead atoms. The molecule has 0 spiro atoms. The number of rotatable bonds is 2. The standard InChI is InChI=1S/C11H20N2O2S/c1-8-6-12-7-10(8)11(14)13-9-2-4-16(15)5-3-9/h8-10,12H,2-7H2,1H3,(H,13,14). The van der Waals surface area contributed by atoms with Gasteiger partial charge in [0.05, 0.1) is 5.92 Å². The molecule has 0 saturated carbocycles. The van der Waals surface area contributed by atoms with Crippen LogP contribution in [-0.2, 0) is 15.6 Å². The summed E-state index contributed by atoms with van der Waals surface area (Å²) in [7, 11) is -0.648. The topological polar surface area (TPSA) is 58.2 Å². The van der Waals surface area contributed by atoms with Crippen molar-refractivity contribution in [2.24, 2.45) is 11.8 Å². The van der Waals surface area contributed by atoms with E-state index in [1.807, 2.05) is 0 Å². The van der Waals surface area contributed by atoms with Gasteiger partial charge in [-0.3, -0.25) is 9.00 Å². The lowest BCUT2D eigenvalue weighted by Crippen LogP contribution is -2.43. The third kappa shape index (κ3) is 2.83. The van der Waals surface area contributed by atoms with Gasteiger partial charge in [-0.15, -0.1) is 0 Å². The first-order valence-corrected chi connectivity index (χ1v) is 7.51. The van der Waals surface area contributed by atoms with Crippen LogP contribution in [0, 0.1) is 11.8 Å². The van der Waals surface area contributed by atoms with Crippen molar-refractivity contribution in [3.05, 3.63) is 0 Å². The molecule has 1 amide bonds. The zero-order valence-electron chi connectivity index (χ0n) is 9.70. The Balaban J connectivity index is 1.80. The van der Waals surface area contributed by atoms with Crippen LogP contribution in [0.25, 0.3) is 0 Å². The maximum Gasteiger partial charge on any atom is 0.224 e. The van der Waals surface area contributed by atoms with Crippen LogP contribution in [0.5, 0.6) is 0 Å². The molecular weight excluding hydrogens is 224 g/mol. The summed E-state index contributed by atoms with van der Waals surface area (Å²) in [6, 6.07) is 0.248. The van der Waals surface area contributed by atoms with Crippen molar-refractivity contribution in [1.29, 1.82) is 0 Å². The Morgan fingerprint density at radius 3 is 2.56 bits per heavy atom. The molecule has 2 rings (SSSR count). The molecule has 92 valence electrons. The van der Waals surface area contributed by atoms with Gasteiger partial charge in [0.25, 0.3) is 0 Å². The second kappa shape index (κ2) is 5.27. The smallest absolute Gasteiger partial charge is 0.224 e. The van der Waals surface area contributed by atoms with Gasteiger partial charge >= 0.3 is 0 Å². The fourth-order valence-corrected chi connectivity index (χ4v) is 3.71. The van der Waals surface area contributed by atoms with E-state index in [-0.39, 0.29) is 17.9 Å². The maximum absolute atomic E-state index is 12.0. The van der Waals surface area contributed by atoms with Crippen LogP contribution in [0.3, 0.4) is 0 Å². The van der Waals surface area contributed by atoms with Gasteiger partial charge in [0, 0.05) is 34.9 Å². The van der Waals surface area contributed by atoms with Gasteiger partial charge in [-0.25, -0.2) is 0 Å². The predicted molar refractivity (Wildman–Crippen MR) is 64.6 cm³/mol. The molecule has 2 atom stereocenters. The molecule has 0 radical (unpaired) electrons. The molecule has 2 N–H and O–H groups in total. The van der Waals surface area contributed by atoms with Crippen LogP contribution >= 0.6 is 0 Å². The average molecular weight is 244 g/mol. The SMILES string of the molecule is CC1CNCC1C(=O)NC1CCS(=O)CC1. The normalized spacial score (nSPS) is 39.6. The van der Waals surface area contributed by atoms with Gasteiger partial charge in [0.1, 0.15) is 0 Å². The molecule has 2 aliphatic rings. The maximum atomic E-state index is 12.0. The first kappa shape index (κ1) is 12.0. The number of amides is 1. The molecule has 2 unspecified atom stereocenters. The molecule has 16 heavy (non-hydrogen) atoms. The van der Waals surface area contributed by atoms with E-state index in [9.17, 15) is 9.00 Å². The van der Waals surface area contributed by atoms with Crippen molar-refractivity contribution in [2.75, 3.05) is 24.6 Å². The Kier molecular flexibility index (Phi) is 3.97. The van der Waals surface area contributed by atoms with E-state index >= 15 is 0 Å². The Morgan fingerprint density at radius 2 is 2.00 bits per heavy atom. The van der Waals surface area contributed by atoms with Crippen LogP contribution in [0.15, 0.2) is 0 Å². The minimum Gasteiger partial charge on any atom is -0.353 e. The molecule has 2 fully saturated rings. The summed E-state index contributed by atoms with van der Waals surface area (Å²) in [5.41, 5.74) is 0. The number of hydrogen-bond acceptors (Lipinski definition) is 3. The zero-order valence-corrected chi connectivity index (χ0v) is 10.5. The number of carbonyl (C=O) groups excluding carboxylic acids is 1. The zero-order chi connectivity index (χ0) is 11.5. The number of nitrogens with one attached hydrogen (secondary N) is 2. The fourth-order valence-electron chi connectivity index (χ4n) is 2.41. The lowest BCUT2D eigenvalue weighted by Gasteiger charge is -2.24. The van der Waals surface area contributed by atoms with Gasteiger partial charge < -0.3 is 10.6 Å². The minimum absolute atomic E-state index is 0.118. The molecule has 4 nitrogen and oxygen atoms in total. The molecule has 0 aromatic heterocycles. The first-order valence-electron chi connectivity index (χ1n) is 6.03. The largest absolute Gasteiger partial charge is 0.353 e. The highest BCUT2D eigenvalue weighted by atomic mass is 32.2. The van der Waals surface area contributed by atoms with E-state index < -0.39 is 10.8 Å². The molecular formula is C11H20N2O2S. The van der Waals surface area contributed by atoms with Crippen molar-refractivity contribution in [3.63, 3.8) is 0 Å². The molecule has 5 heteroatoms. The highest BCUT2D eigenvalue weighted by Crippen LogP contribution is 2.17. The van der Waals surface area contributed by atoms with Gasteiger partial charge in [-0.05, 0) is 25.3 Å². The summed E-state index contributed by atoms with van der Waals surface area (Å²) in [5, 5.41) is 6.34. The summed E-state index contributed by atoms with van der Waals surface area (Å²) in [6.45, 7) is 3.85. The lowest BCUT2D eigenvalue weighted by atomic mass is 9.96. The van der Waals surface area contributed by atoms with Crippen LogP contribution < -0.4 is 10.6 Å². The van der Waals surface area contributed by atoms with Crippen LogP contribution in [0.2, 0.25) is 0 Å². The molecule has 2 saturated heterocycles. The summed E-state index contributed by atoms with van der Waals surface area (Å²) in [6.07, 6.45) is 1.74. The van der Waals surface area contributed by atoms with Crippen LogP contribution in [0.4, 0.5) is 0 Å².